The minimum absolute atomic E-state index is 0.0882. The van der Waals surface area contributed by atoms with Gasteiger partial charge in [0, 0.05) is 11.3 Å². The van der Waals surface area contributed by atoms with E-state index in [1.807, 2.05) is 36.4 Å². The molecule has 3 N–H and O–H groups in total. The van der Waals surface area contributed by atoms with E-state index in [1.54, 1.807) is 11.6 Å². The SMILES string of the molecule is Cc1nn(Cc2ccccc2)c(Cl)c1/C=C(\C#N)C(=O)Nc1ccc(S(N)(=O)=O)cc1. The first kappa shape index (κ1) is 22.2. The molecule has 0 aliphatic heterocycles. The topological polar surface area (TPSA) is 131 Å². The molecule has 0 unspecified atom stereocenters. The van der Waals surface area contributed by atoms with Crippen LogP contribution in [0, 0.1) is 18.3 Å². The lowest BCUT2D eigenvalue weighted by atomic mass is 10.1. The van der Waals surface area contributed by atoms with E-state index in [-0.39, 0.29) is 10.5 Å². The van der Waals surface area contributed by atoms with Crippen LogP contribution in [0.1, 0.15) is 16.8 Å². The van der Waals surface area contributed by atoms with Gasteiger partial charge in [-0.05, 0) is 42.8 Å². The van der Waals surface area contributed by atoms with Gasteiger partial charge in [0.25, 0.3) is 5.91 Å². The van der Waals surface area contributed by atoms with Crippen molar-refractivity contribution in [3.8, 4) is 6.07 Å². The highest BCUT2D eigenvalue weighted by molar-refractivity contribution is 7.89. The largest absolute Gasteiger partial charge is 0.321 e. The van der Waals surface area contributed by atoms with Gasteiger partial charge in [-0.1, -0.05) is 41.9 Å². The number of amides is 1. The molecule has 158 valence electrons. The van der Waals surface area contributed by atoms with Crippen molar-refractivity contribution in [2.45, 2.75) is 18.4 Å². The molecule has 3 rings (SSSR count). The van der Waals surface area contributed by atoms with Crippen molar-refractivity contribution in [1.29, 1.82) is 5.26 Å². The zero-order valence-electron chi connectivity index (χ0n) is 16.4. The minimum atomic E-state index is -3.84. The molecule has 1 aromatic heterocycles. The van der Waals surface area contributed by atoms with Gasteiger partial charge in [0.05, 0.1) is 17.1 Å². The van der Waals surface area contributed by atoms with E-state index >= 15 is 0 Å². The molecule has 0 fully saturated rings. The quantitative estimate of drug-likeness (QED) is 0.435. The Labute approximate surface area is 184 Å². The standard InChI is InChI=1S/C21H18ClN5O3S/c1-14-19(20(22)27(26-14)13-15-5-3-2-4-6-15)11-16(12-23)21(28)25-17-7-9-18(10-8-17)31(24,29)30/h2-11H,13H2,1H3,(H,25,28)(H2,24,29,30)/b16-11+. The van der Waals surface area contributed by atoms with E-state index in [0.717, 1.165) is 5.56 Å². The second-order valence-corrected chi connectivity index (χ2v) is 8.55. The Morgan fingerprint density at radius 3 is 2.45 bits per heavy atom. The van der Waals surface area contributed by atoms with Crippen molar-refractivity contribution in [3.63, 3.8) is 0 Å². The van der Waals surface area contributed by atoms with Crippen LogP contribution in [0.4, 0.5) is 5.69 Å². The van der Waals surface area contributed by atoms with Crippen LogP contribution in [0.3, 0.4) is 0 Å². The zero-order valence-corrected chi connectivity index (χ0v) is 18.0. The number of aromatic nitrogens is 2. The van der Waals surface area contributed by atoms with Crippen molar-refractivity contribution >= 4 is 39.3 Å². The molecule has 8 nitrogen and oxygen atoms in total. The summed E-state index contributed by atoms with van der Waals surface area (Å²) in [5, 5.41) is 21.8. The van der Waals surface area contributed by atoms with Crippen LogP contribution in [0.2, 0.25) is 5.15 Å². The number of nitrogens with two attached hydrogens (primary N) is 1. The summed E-state index contributed by atoms with van der Waals surface area (Å²) in [6.45, 7) is 2.18. The number of primary sulfonamides is 1. The number of anilines is 1. The lowest BCUT2D eigenvalue weighted by Crippen LogP contribution is -2.14. The molecule has 1 heterocycles. The molecular weight excluding hydrogens is 438 g/mol. The Bertz CT molecular complexity index is 1290. The summed E-state index contributed by atoms with van der Waals surface area (Å²) >= 11 is 6.45. The summed E-state index contributed by atoms with van der Waals surface area (Å²) in [5.74, 6) is -0.669. The van der Waals surface area contributed by atoms with Crippen molar-refractivity contribution in [2.75, 3.05) is 5.32 Å². The highest BCUT2D eigenvalue weighted by Gasteiger charge is 2.16. The predicted octanol–water partition coefficient (Wildman–Crippen LogP) is 3.09. The van der Waals surface area contributed by atoms with Gasteiger partial charge < -0.3 is 5.32 Å². The number of carbonyl (C=O) groups is 1. The first-order chi connectivity index (χ1) is 14.7. The van der Waals surface area contributed by atoms with Crippen LogP contribution in [-0.2, 0) is 21.4 Å². The van der Waals surface area contributed by atoms with Crippen LogP contribution >= 0.6 is 11.6 Å². The zero-order chi connectivity index (χ0) is 22.6. The van der Waals surface area contributed by atoms with Gasteiger partial charge in [0.15, 0.2) is 0 Å². The van der Waals surface area contributed by atoms with Crippen molar-refractivity contribution < 1.29 is 13.2 Å². The smallest absolute Gasteiger partial charge is 0.266 e. The Morgan fingerprint density at radius 1 is 1.23 bits per heavy atom. The summed E-state index contributed by atoms with van der Waals surface area (Å²) < 4.78 is 24.2. The molecule has 2 aromatic carbocycles. The van der Waals surface area contributed by atoms with Gasteiger partial charge >= 0.3 is 0 Å². The van der Waals surface area contributed by atoms with Crippen molar-refractivity contribution in [3.05, 3.63) is 82.1 Å². The molecule has 31 heavy (non-hydrogen) atoms. The van der Waals surface area contributed by atoms with Gasteiger partial charge in [-0.25, -0.2) is 18.2 Å². The Hall–Kier alpha value is -3.45. The second-order valence-electron chi connectivity index (χ2n) is 6.63. The minimum Gasteiger partial charge on any atom is -0.321 e. The van der Waals surface area contributed by atoms with Crippen LogP contribution in [0.25, 0.3) is 6.08 Å². The number of rotatable bonds is 6. The summed E-state index contributed by atoms with van der Waals surface area (Å²) in [5.41, 5.74) is 2.16. The number of nitriles is 1. The number of nitrogens with one attached hydrogen (secondary N) is 1. The van der Waals surface area contributed by atoms with Crippen molar-refractivity contribution in [1.82, 2.24) is 9.78 Å². The van der Waals surface area contributed by atoms with Gasteiger partial charge in [-0.15, -0.1) is 0 Å². The van der Waals surface area contributed by atoms with Crippen LogP contribution in [0.15, 0.2) is 65.1 Å². The first-order valence-corrected chi connectivity index (χ1v) is 10.9. The van der Waals surface area contributed by atoms with E-state index in [9.17, 15) is 18.5 Å². The highest BCUT2D eigenvalue weighted by Crippen LogP contribution is 2.24. The Kier molecular flexibility index (Phi) is 6.56. The number of halogens is 1. The van der Waals surface area contributed by atoms with Gasteiger partial charge in [0.1, 0.15) is 16.8 Å². The monoisotopic (exact) mass is 455 g/mol. The fraction of sp³-hybridized carbons (Fsp3) is 0.0952. The number of nitrogens with zero attached hydrogens (tertiary/aromatic N) is 3. The lowest BCUT2D eigenvalue weighted by molar-refractivity contribution is -0.112. The third kappa shape index (κ3) is 5.38. The van der Waals surface area contributed by atoms with E-state index in [1.165, 1.54) is 30.3 Å². The summed E-state index contributed by atoms with van der Waals surface area (Å²) in [7, 11) is -3.84. The van der Waals surface area contributed by atoms with Crippen LogP contribution in [-0.4, -0.2) is 24.1 Å². The van der Waals surface area contributed by atoms with Gasteiger partial charge in [-0.3, -0.25) is 4.79 Å². The summed E-state index contributed by atoms with van der Waals surface area (Å²) in [6.07, 6.45) is 1.38. The molecular formula is C21H18ClN5O3S. The number of aryl methyl sites for hydroxylation is 1. The number of sulfonamides is 1. The number of carbonyl (C=O) groups excluding carboxylic acids is 1. The van der Waals surface area contributed by atoms with E-state index in [2.05, 4.69) is 10.4 Å². The highest BCUT2D eigenvalue weighted by atomic mass is 35.5. The normalized spacial score (nSPS) is 11.7. The fourth-order valence-corrected chi connectivity index (χ4v) is 3.62. The molecule has 1 amide bonds. The Morgan fingerprint density at radius 2 is 1.87 bits per heavy atom. The van der Waals surface area contributed by atoms with E-state index in [0.29, 0.717) is 28.6 Å². The average molecular weight is 456 g/mol. The predicted molar refractivity (Wildman–Crippen MR) is 118 cm³/mol. The molecule has 0 atom stereocenters. The molecule has 0 bridgehead atoms. The van der Waals surface area contributed by atoms with E-state index < -0.39 is 15.9 Å². The lowest BCUT2D eigenvalue weighted by Gasteiger charge is -2.06. The third-order valence-electron chi connectivity index (χ3n) is 4.38. The number of hydrogen-bond donors (Lipinski definition) is 2. The molecule has 0 saturated carbocycles. The van der Waals surface area contributed by atoms with E-state index in [4.69, 9.17) is 16.7 Å². The maximum absolute atomic E-state index is 12.5. The first-order valence-electron chi connectivity index (χ1n) is 9.02. The molecule has 0 aliphatic carbocycles. The average Bonchev–Trinajstić information content (AvgIpc) is 2.99. The maximum Gasteiger partial charge on any atom is 0.266 e. The van der Waals surface area contributed by atoms with Crippen LogP contribution in [0.5, 0.6) is 0 Å². The van der Waals surface area contributed by atoms with Crippen LogP contribution < -0.4 is 10.5 Å². The number of hydrogen-bond acceptors (Lipinski definition) is 5. The summed E-state index contributed by atoms with van der Waals surface area (Å²) in [6, 6.07) is 16.7. The van der Waals surface area contributed by atoms with Crippen molar-refractivity contribution in [2.24, 2.45) is 5.14 Å². The van der Waals surface area contributed by atoms with Gasteiger partial charge in [-0.2, -0.15) is 10.4 Å². The molecule has 0 radical (unpaired) electrons. The molecule has 3 aromatic rings. The molecule has 0 spiro atoms. The molecule has 0 aliphatic rings. The fourth-order valence-electron chi connectivity index (χ4n) is 2.81. The van der Waals surface area contributed by atoms with Gasteiger partial charge in [0.2, 0.25) is 10.0 Å². The maximum atomic E-state index is 12.5. The third-order valence-corrected chi connectivity index (χ3v) is 5.71. The summed E-state index contributed by atoms with van der Waals surface area (Å²) in [4.78, 5) is 12.4. The second kappa shape index (κ2) is 9.14. The molecule has 0 saturated heterocycles. The molecule has 10 heteroatoms. The Balaban J connectivity index is 1.83. The number of benzene rings is 2.